The van der Waals surface area contributed by atoms with Crippen LogP contribution in [0.4, 0.5) is 8.78 Å². The largest absolute Gasteiger partial charge is 0.340 e. The van der Waals surface area contributed by atoms with Crippen LogP contribution in [0.25, 0.3) is 0 Å². The number of carbonyl (C=O) groups excluding carboxylic acids is 1. The van der Waals surface area contributed by atoms with E-state index in [1.807, 2.05) is 0 Å². The maximum atomic E-state index is 12.6. The lowest BCUT2D eigenvalue weighted by Gasteiger charge is -2.09. The molecule has 1 heterocycles. The van der Waals surface area contributed by atoms with Gasteiger partial charge in [0, 0.05) is 13.2 Å². The van der Waals surface area contributed by atoms with Crippen LogP contribution in [0, 0.1) is 5.41 Å². The zero-order valence-electron chi connectivity index (χ0n) is 7.70. The van der Waals surface area contributed by atoms with Crippen molar-refractivity contribution in [2.24, 2.45) is 12.5 Å². The monoisotopic (exact) mass is 200 g/mol. The SMILES string of the molecule is Cn1cnc(C(=O)C2(C(F)F)CC2)c1. The summed E-state index contributed by atoms with van der Waals surface area (Å²) in [5, 5.41) is 0. The van der Waals surface area contributed by atoms with Crippen LogP contribution in [-0.2, 0) is 7.05 Å². The smallest absolute Gasteiger partial charge is 0.251 e. The molecular weight excluding hydrogens is 190 g/mol. The molecule has 0 saturated heterocycles. The van der Waals surface area contributed by atoms with Crippen molar-refractivity contribution in [1.82, 2.24) is 9.55 Å². The first-order valence-electron chi connectivity index (χ1n) is 4.37. The molecule has 1 aliphatic carbocycles. The second-order valence-corrected chi connectivity index (χ2v) is 3.71. The number of nitrogens with zero attached hydrogens (tertiary/aromatic N) is 2. The Labute approximate surface area is 79.7 Å². The van der Waals surface area contributed by atoms with E-state index in [0.29, 0.717) is 0 Å². The predicted octanol–water partition coefficient (Wildman–Crippen LogP) is 1.65. The van der Waals surface area contributed by atoms with Crippen LogP contribution in [0.5, 0.6) is 0 Å². The lowest BCUT2D eigenvalue weighted by molar-refractivity contribution is 0.0468. The van der Waals surface area contributed by atoms with Crippen LogP contribution >= 0.6 is 0 Å². The minimum Gasteiger partial charge on any atom is -0.340 e. The summed E-state index contributed by atoms with van der Waals surface area (Å²) in [6.45, 7) is 0. The third kappa shape index (κ3) is 1.23. The first-order chi connectivity index (χ1) is 6.56. The average Bonchev–Trinajstić information content (AvgIpc) is 2.84. The van der Waals surface area contributed by atoms with Crippen LogP contribution in [-0.4, -0.2) is 21.8 Å². The molecule has 0 radical (unpaired) electrons. The maximum absolute atomic E-state index is 12.6. The highest BCUT2D eigenvalue weighted by Gasteiger charge is 2.57. The molecule has 0 spiro atoms. The molecule has 1 aromatic heterocycles. The minimum absolute atomic E-state index is 0.144. The van der Waals surface area contributed by atoms with Gasteiger partial charge in [-0.2, -0.15) is 0 Å². The van der Waals surface area contributed by atoms with Crippen molar-refractivity contribution >= 4 is 5.78 Å². The van der Waals surface area contributed by atoms with Gasteiger partial charge < -0.3 is 4.57 Å². The highest BCUT2D eigenvalue weighted by atomic mass is 19.3. The first-order valence-corrected chi connectivity index (χ1v) is 4.37. The van der Waals surface area contributed by atoms with Crippen molar-refractivity contribution in [2.75, 3.05) is 0 Å². The molecule has 14 heavy (non-hydrogen) atoms. The highest BCUT2D eigenvalue weighted by molar-refractivity contribution is 6.00. The van der Waals surface area contributed by atoms with Crippen LogP contribution in [0.15, 0.2) is 12.5 Å². The Morgan fingerprint density at radius 1 is 1.64 bits per heavy atom. The highest BCUT2D eigenvalue weighted by Crippen LogP contribution is 2.52. The number of hydrogen-bond acceptors (Lipinski definition) is 2. The number of halogens is 2. The summed E-state index contributed by atoms with van der Waals surface area (Å²) in [6.07, 6.45) is 0.900. The number of Topliss-reactive ketones (excluding diaryl/α,β-unsaturated/α-hetero) is 1. The van der Waals surface area contributed by atoms with Gasteiger partial charge in [-0.1, -0.05) is 0 Å². The number of rotatable bonds is 3. The van der Waals surface area contributed by atoms with E-state index in [1.54, 1.807) is 11.6 Å². The van der Waals surface area contributed by atoms with Gasteiger partial charge in [0.15, 0.2) is 5.78 Å². The number of aryl methyl sites for hydroxylation is 1. The number of hydrogen-bond donors (Lipinski definition) is 0. The van der Waals surface area contributed by atoms with Crippen LogP contribution < -0.4 is 0 Å². The molecule has 1 saturated carbocycles. The molecule has 0 N–H and O–H groups in total. The van der Waals surface area contributed by atoms with Gasteiger partial charge in [-0.3, -0.25) is 4.79 Å². The summed E-state index contributed by atoms with van der Waals surface area (Å²) in [5.41, 5.74) is -1.28. The van der Waals surface area contributed by atoms with Gasteiger partial charge in [-0.25, -0.2) is 13.8 Å². The number of imidazole rings is 1. The van der Waals surface area contributed by atoms with Crippen LogP contribution in [0.1, 0.15) is 23.3 Å². The van der Waals surface area contributed by atoms with Crippen molar-refractivity contribution < 1.29 is 13.6 Å². The molecule has 1 aliphatic rings. The Hall–Kier alpha value is -1.26. The Balaban J connectivity index is 2.25. The fraction of sp³-hybridized carbons (Fsp3) is 0.556. The molecule has 0 unspecified atom stereocenters. The second kappa shape index (κ2) is 2.87. The zero-order valence-corrected chi connectivity index (χ0v) is 7.70. The standard InChI is InChI=1S/C9H10F2N2O/c1-13-4-6(12-5-13)7(14)9(2-3-9)8(10)11/h4-5,8H,2-3H2,1H3. The van der Waals surface area contributed by atoms with Crippen LogP contribution in [0.2, 0.25) is 0 Å². The van der Waals surface area contributed by atoms with E-state index in [4.69, 9.17) is 0 Å². The predicted molar refractivity (Wildman–Crippen MR) is 45.2 cm³/mol. The van der Waals surface area contributed by atoms with E-state index in [2.05, 4.69) is 4.98 Å². The van der Waals surface area contributed by atoms with Crippen molar-refractivity contribution in [3.8, 4) is 0 Å². The van der Waals surface area contributed by atoms with Crippen molar-refractivity contribution in [3.05, 3.63) is 18.2 Å². The van der Waals surface area contributed by atoms with E-state index in [1.165, 1.54) is 12.5 Å². The Bertz CT molecular complexity index is 369. The van der Waals surface area contributed by atoms with Gasteiger partial charge in [0.05, 0.1) is 11.7 Å². The molecular formula is C9H10F2N2O. The molecule has 0 atom stereocenters. The molecule has 0 bridgehead atoms. The number of carbonyl (C=O) groups is 1. The quantitative estimate of drug-likeness (QED) is 0.695. The zero-order chi connectivity index (χ0) is 10.3. The van der Waals surface area contributed by atoms with Gasteiger partial charge >= 0.3 is 0 Å². The average molecular weight is 200 g/mol. The van der Waals surface area contributed by atoms with Gasteiger partial charge in [0.2, 0.25) is 0 Å². The summed E-state index contributed by atoms with van der Waals surface area (Å²) in [4.78, 5) is 15.4. The molecule has 2 rings (SSSR count). The third-order valence-electron chi connectivity index (χ3n) is 2.60. The lowest BCUT2D eigenvalue weighted by Crippen LogP contribution is -2.24. The van der Waals surface area contributed by atoms with Gasteiger partial charge in [0.1, 0.15) is 5.69 Å². The number of aromatic nitrogens is 2. The fourth-order valence-electron chi connectivity index (χ4n) is 1.46. The Kier molecular flexibility index (Phi) is 1.90. The van der Waals surface area contributed by atoms with Crippen molar-refractivity contribution in [1.29, 1.82) is 0 Å². The molecule has 0 aliphatic heterocycles. The van der Waals surface area contributed by atoms with Crippen molar-refractivity contribution in [3.63, 3.8) is 0 Å². The fourth-order valence-corrected chi connectivity index (χ4v) is 1.46. The Morgan fingerprint density at radius 3 is 2.64 bits per heavy atom. The van der Waals surface area contributed by atoms with Gasteiger partial charge in [-0.05, 0) is 12.8 Å². The normalized spacial score (nSPS) is 18.6. The summed E-state index contributed by atoms with van der Waals surface area (Å²) >= 11 is 0. The molecule has 3 nitrogen and oxygen atoms in total. The van der Waals surface area contributed by atoms with E-state index in [-0.39, 0.29) is 18.5 Å². The van der Waals surface area contributed by atoms with Crippen LogP contribution in [0.3, 0.4) is 0 Å². The van der Waals surface area contributed by atoms with E-state index < -0.39 is 17.6 Å². The summed E-state index contributed by atoms with van der Waals surface area (Å²) < 4.78 is 26.7. The van der Waals surface area contributed by atoms with Crippen molar-refractivity contribution in [2.45, 2.75) is 19.3 Å². The number of ketones is 1. The first kappa shape index (κ1) is 9.30. The molecule has 1 aromatic rings. The second-order valence-electron chi connectivity index (χ2n) is 3.71. The molecule has 0 aromatic carbocycles. The topological polar surface area (TPSA) is 34.9 Å². The maximum Gasteiger partial charge on any atom is 0.251 e. The van der Waals surface area contributed by atoms with E-state index in [0.717, 1.165) is 0 Å². The summed E-state index contributed by atoms with van der Waals surface area (Å²) in [5.74, 6) is -0.520. The molecule has 0 amide bonds. The van der Waals surface area contributed by atoms with Gasteiger partial charge in [-0.15, -0.1) is 0 Å². The lowest BCUT2D eigenvalue weighted by atomic mass is 10.00. The third-order valence-corrected chi connectivity index (χ3v) is 2.60. The molecule has 5 heteroatoms. The Morgan fingerprint density at radius 2 is 2.29 bits per heavy atom. The van der Waals surface area contributed by atoms with E-state index >= 15 is 0 Å². The summed E-state index contributed by atoms with van der Waals surface area (Å²) in [7, 11) is 1.70. The van der Waals surface area contributed by atoms with E-state index in [9.17, 15) is 13.6 Å². The molecule has 76 valence electrons. The molecule has 1 fully saturated rings. The number of alkyl halides is 2. The van der Waals surface area contributed by atoms with Gasteiger partial charge in [0.25, 0.3) is 6.43 Å². The summed E-state index contributed by atoms with van der Waals surface area (Å²) in [6, 6.07) is 0. The minimum atomic E-state index is -2.57.